The van der Waals surface area contributed by atoms with E-state index < -0.39 is 5.97 Å². The monoisotopic (exact) mass is 321 g/mol. The van der Waals surface area contributed by atoms with Crippen LogP contribution >= 0.6 is 23.1 Å². The molecule has 1 aromatic carbocycles. The van der Waals surface area contributed by atoms with Gasteiger partial charge in [0, 0.05) is 11.3 Å². The van der Waals surface area contributed by atoms with Gasteiger partial charge in [0.15, 0.2) is 0 Å². The number of carbonyl (C=O) groups excluding carboxylic acids is 1. The van der Waals surface area contributed by atoms with Crippen LogP contribution in [0.3, 0.4) is 0 Å². The van der Waals surface area contributed by atoms with Gasteiger partial charge in [0.2, 0.25) is 5.91 Å². The molecule has 0 fully saturated rings. The molecule has 0 atom stereocenters. The van der Waals surface area contributed by atoms with Gasteiger partial charge in [-0.25, -0.2) is 4.79 Å². The molecule has 0 radical (unpaired) electrons. The molecule has 0 saturated carbocycles. The summed E-state index contributed by atoms with van der Waals surface area (Å²) in [6.45, 7) is 0. The van der Waals surface area contributed by atoms with Gasteiger partial charge in [0.05, 0.1) is 5.00 Å². The van der Waals surface area contributed by atoms with Crippen LogP contribution in [0.1, 0.15) is 22.5 Å². The molecular formula is C15H15NO3S2. The fraction of sp³-hybridized carbons (Fsp3) is 0.200. The SMILES string of the molecule is O=C(CCCSc1ccccc1)Nc1ccc(C(=O)O)s1. The molecule has 2 N–H and O–H groups in total. The van der Waals surface area contributed by atoms with Crippen molar-refractivity contribution in [1.29, 1.82) is 0 Å². The molecule has 21 heavy (non-hydrogen) atoms. The molecule has 0 aliphatic carbocycles. The molecule has 0 aliphatic rings. The van der Waals surface area contributed by atoms with Gasteiger partial charge in [-0.15, -0.1) is 23.1 Å². The van der Waals surface area contributed by atoms with Crippen molar-refractivity contribution in [2.24, 2.45) is 0 Å². The van der Waals surface area contributed by atoms with Gasteiger partial charge in [-0.2, -0.15) is 0 Å². The summed E-state index contributed by atoms with van der Waals surface area (Å²) < 4.78 is 0. The molecule has 110 valence electrons. The van der Waals surface area contributed by atoms with Crippen LogP contribution in [0.15, 0.2) is 47.4 Å². The number of thioether (sulfide) groups is 1. The van der Waals surface area contributed by atoms with Crippen LogP contribution in [0, 0.1) is 0 Å². The molecule has 0 unspecified atom stereocenters. The predicted molar refractivity (Wildman–Crippen MR) is 86.3 cm³/mol. The average Bonchev–Trinajstić information content (AvgIpc) is 2.93. The van der Waals surface area contributed by atoms with Gasteiger partial charge in [-0.1, -0.05) is 18.2 Å². The highest BCUT2D eigenvalue weighted by atomic mass is 32.2. The van der Waals surface area contributed by atoms with Crippen LogP contribution in [-0.4, -0.2) is 22.7 Å². The number of thiophene rings is 1. The highest BCUT2D eigenvalue weighted by molar-refractivity contribution is 7.99. The maximum absolute atomic E-state index is 11.7. The molecule has 6 heteroatoms. The van der Waals surface area contributed by atoms with Gasteiger partial charge < -0.3 is 10.4 Å². The number of hydrogen-bond donors (Lipinski definition) is 2. The zero-order valence-corrected chi connectivity index (χ0v) is 12.9. The lowest BCUT2D eigenvalue weighted by molar-refractivity contribution is -0.116. The topological polar surface area (TPSA) is 66.4 Å². The van der Waals surface area contributed by atoms with E-state index in [9.17, 15) is 9.59 Å². The molecule has 4 nitrogen and oxygen atoms in total. The Morgan fingerprint density at radius 2 is 1.90 bits per heavy atom. The Morgan fingerprint density at radius 1 is 1.14 bits per heavy atom. The Labute approximate surface area is 131 Å². The summed E-state index contributed by atoms with van der Waals surface area (Å²) in [7, 11) is 0. The lowest BCUT2D eigenvalue weighted by atomic mass is 10.3. The van der Waals surface area contributed by atoms with Crippen molar-refractivity contribution in [3.63, 3.8) is 0 Å². The van der Waals surface area contributed by atoms with E-state index in [-0.39, 0.29) is 10.8 Å². The first-order valence-corrected chi connectivity index (χ1v) is 8.26. The Morgan fingerprint density at radius 3 is 2.57 bits per heavy atom. The van der Waals surface area contributed by atoms with Crippen LogP contribution in [0.4, 0.5) is 5.00 Å². The van der Waals surface area contributed by atoms with E-state index in [0.29, 0.717) is 11.4 Å². The maximum atomic E-state index is 11.7. The third kappa shape index (κ3) is 5.24. The Bertz CT molecular complexity index is 610. The van der Waals surface area contributed by atoms with Crippen LogP contribution in [0.5, 0.6) is 0 Å². The Kier molecular flexibility index (Phi) is 5.83. The summed E-state index contributed by atoms with van der Waals surface area (Å²) in [6.07, 6.45) is 1.21. The van der Waals surface area contributed by atoms with Crippen molar-refractivity contribution in [2.75, 3.05) is 11.1 Å². The average molecular weight is 321 g/mol. The van der Waals surface area contributed by atoms with Crippen LogP contribution in [-0.2, 0) is 4.79 Å². The lowest BCUT2D eigenvalue weighted by Crippen LogP contribution is -2.10. The summed E-state index contributed by atoms with van der Waals surface area (Å²) in [5.41, 5.74) is 0. The molecule has 1 aromatic heterocycles. The molecule has 0 aliphatic heterocycles. The number of amides is 1. The maximum Gasteiger partial charge on any atom is 0.345 e. The van der Waals surface area contributed by atoms with Crippen LogP contribution in [0.25, 0.3) is 0 Å². The van der Waals surface area contributed by atoms with E-state index in [1.54, 1.807) is 17.8 Å². The van der Waals surface area contributed by atoms with Crippen molar-refractivity contribution in [3.8, 4) is 0 Å². The normalized spacial score (nSPS) is 10.3. The van der Waals surface area contributed by atoms with Crippen LogP contribution in [0.2, 0.25) is 0 Å². The number of aromatic carboxylic acids is 1. The lowest BCUT2D eigenvalue weighted by Gasteiger charge is -2.03. The summed E-state index contributed by atoms with van der Waals surface area (Å²) in [5.74, 6) is -0.176. The number of hydrogen-bond acceptors (Lipinski definition) is 4. The second kappa shape index (κ2) is 7.85. The standard InChI is InChI=1S/C15H15NO3S2/c17-13(16-14-9-8-12(21-14)15(18)19)7-4-10-20-11-5-2-1-3-6-11/h1-3,5-6,8-9H,4,7,10H2,(H,16,17)(H,18,19). The Hall–Kier alpha value is -1.79. The van der Waals surface area contributed by atoms with Gasteiger partial charge in [-0.3, -0.25) is 4.79 Å². The number of carboxylic acids is 1. The van der Waals surface area contributed by atoms with Crippen molar-refractivity contribution >= 4 is 40.0 Å². The first kappa shape index (κ1) is 15.6. The molecule has 0 bridgehead atoms. The van der Waals surface area contributed by atoms with Crippen molar-refractivity contribution in [3.05, 3.63) is 47.3 Å². The smallest absolute Gasteiger partial charge is 0.345 e. The molecule has 0 spiro atoms. The highest BCUT2D eigenvalue weighted by Crippen LogP contribution is 2.22. The quantitative estimate of drug-likeness (QED) is 0.598. The molecule has 2 aromatic rings. The summed E-state index contributed by atoms with van der Waals surface area (Å²) >= 11 is 2.79. The third-order valence-electron chi connectivity index (χ3n) is 2.64. The van der Waals surface area contributed by atoms with Crippen LogP contribution < -0.4 is 5.32 Å². The number of rotatable bonds is 7. The number of carboxylic acid groups (broad SMARTS) is 1. The van der Waals surface area contributed by atoms with Gasteiger partial charge in [-0.05, 0) is 36.4 Å². The first-order valence-electron chi connectivity index (χ1n) is 6.46. The number of benzene rings is 1. The minimum atomic E-state index is -0.972. The highest BCUT2D eigenvalue weighted by Gasteiger charge is 2.09. The number of anilines is 1. The molecular weight excluding hydrogens is 306 g/mol. The van der Waals surface area contributed by atoms with Crippen molar-refractivity contribution in [1.82, 2.24) is 0 Å². The second-order valence-electron chi connectivity index (χ2n) is 4.28. The van der Waals surface area contributed by atoms with Crippen molar-refractivity contribution in [2.45, 2.75) is 17.7 Å². The minimum absolute atomic E-state index is 0.0811. The zero-order valence-electron chi connectivity index (χ0n) is 11.2. The second-order valence-corrected chi connectivity index (χ2v) is 6.53. The minimum Gasteiger partial charge on any atom is -0.477 e. The van der Waals surface area contributed by atoms with E-state index in [1.807, 2.05) is 30.3 Å². The summed E-state index contributed by atoms with van der Waals surface area (Å²) in [6, 6.07) is 13.2. The summed E-state index contributed by atoms with van der Waals surface area (Å²) in [5, 5.41) is 12.1. The van der Waals surface area contributed by atoms with Crippen molar-refractivity contribution < 1.29 is 14.7 Å². The van der Waals surface area contributed by atoms with Gasteiger partial charge >= 0.3 is 5.97 Å². The van der Waals surface area contributed by atoms with E-state index in [1.165, 1.54) is 11.0 Å². The first-order chi connectivity index (χ1) is 10.1. The third-order valence-corrected chi connectivity index (χ3v) is 4.73. The van der Waals surface area contributed by atoms with Gasteiger partial charge in [0.25, 0.3) is 0 Å². The number of nitrogens with one attached hydrogen (secondary N) is 1. The van der Waals surface area contributed by atoms with Gasteiger partial charge in [0.1, 0.15) is 4.88 Å². The van der Waals surface area contributed by atoms with E-state index in [4.69, 9.17) is 5.11 Å². The molecule has 2 rings (SSSR count). The van der Waals surface area contributed by atoms with E-state index >= 15 is 0 Å². The molecule has 0 saturated heterocycles. The van der Waals surface area contributed by atoms with E-state index in [2.05, 4.69) is 5.32 Å². The number of carbonyl (C=O) groups is 2. The largest absolute Gasteiger partial charge is 0.477 e. The predicted octanol–water partition coefficient (Wildman–Crippen LogP) is 3.96. The Balaban J connectivity index is 1.68. The molecule has 1 amide bonds. The van der Waals surface area contributed by atoms with E-state index in [0.717, 1.165) is 23.5 Å². The fourth-order valence-electron chi connectivity index (χ4n) is 1.66. The zero-order chi connectivity index (χ0) is 15.1. The fourth-order valence-corrected chi connectivity index (χ4v) is 3.29. The summed E-state index contributed by atoms with van der Waals surface area (Å²) in [4.78, 5) is 23.9. The molecule has 1 heterocycles.